The van der Waals surface area contributed by atoms with Gasteiger partial charge in [-0.25, -0.2) is 0 Å². The Balaban J connectivity index is 1.94. The molecule has 128 valence electrons. The molecule has 1 saturated heterocycles. The van der Waals surface area contributed by atoms with Crippen molar-refractivity contribution in [3.05, 3.63) is 81.7 Å². The van der Waals surface area contributed by atoms with Gasteiger partial charge < -0.3 is 0 Å². The van der Waals surface area contributed by atoms with E-state index in [1.165, 1.54) is 0 Å². The third-order valence-electron chi connectivity index (χ3n) is 4.59. The molecule has 0 aromatic heterocycles. The summed E-state index contributed by atoms with van der Waals surface area (Å²) >= 11 is 0. The van der Waals surface area contributed by atoms with E-state index in [9.17, 15) is 0 Å². The minimum Gasteiger partial charge on any atom is -0.283 e. The molecular weight excluding hydrogens is 322 g/mol. The van der Waals surface area contributed by atoms with E-state index in [1.54, 1.807) is 0 Å². The zero-order valence-electron chi connectivity index (χ0n) is 14.4. The van der Waals surface area contributed by atoms with Crippen molar-refractivity contribution < 1.29 is 0 Å². The van der Waals surface area contributed by atoms with Crippen molar-refractivity contribution in [2.75, 3.05) is 13.1 Å². The summed E-state index contributed by atoms with van der Waals surface area (Å²) in [4.78, 5) is 5.22. The topological polar surface area (TPSA) is 75.8 Å². The molecule has 0 radical (unpaired) electrons. The van der Waals surface area contributed by atoms with Crippen molar-refractivity contribution in [3.8, 4) is 17.9 Å². The van der Waals surface area contributed by atoms with Gasteiger partial charge in [0, 0.05) is 23.1 Å². The third kappa shape index (κ3) is 4.23. The van der Waals surface area contributed by atoms with Crippen LogP contribution in [-0.2, 0) is 0 Å². The van der Waals surface area contributed by atoms with Crippen LogP contribution in [0.15, 0.2) is 59.7 Å². The number of hydrogen-bond donors (Lipinski definition) is 0. The van der Waals surface area contributed by atoms with Crippen molar-refractivity contribution in [2.45, 2.75) is 24.9 Å². The van der Waals surface area contributed by atoms with Gasteiger partial charge in [-0.2, -0.15) is 5.26 Å². The molecule has 0 spiro atoms. The van der Waals surface area contributed by atoms with Gasteiger partial charge in [-0.3, -0.25) is 4.90 Å². The van der Waals surface area contributed by atoms with Crippen molar-refractivity contribution in [3.63, 3.8) is 0 Å². The highest BCUT2D eigenvalue weighted by molar-refractivity contribution is 5.40. The Morgan fingerprint density at radius 3 is 2.62 bits per heavy atom. The zero-order chi connectivity index (χ0) is 18.2. The number of likely N-dealkylation sites (tertiary alicyclic amines) is 1. The summed E-state index contributed by atoms with van der Waals surface area (Å²) in [7, 11) is 0. The maximum atomic E-state index is 9.03. The summed E-state index contributed by atoms with van der Waals surface area (Å²) in [5.41, 5.74) is 11.3. The van der Waals surface area contributed by atoms with E-state index < -0.39 is 0 Å². The molecule has 2 aromatic rings. The van der Waals surface area contributed by atoms with Gasteiger partial charge in [0.25, 0.3) is 0 Å². The minimum atomic E-state index is -0.0932. The lowest BCUT2D eigenvalue weighted by atomic mass is 10.0. The number of rotatable bonds is 4. The van der Waals surface area contributed by atoms with Crippen LogP contribution in [0.4, 0.5) is 0 Å². The lowest BCUT2D eigenvalue weighted by Gasteiger charge is -2.29. The molecule has 0 bridgehead atoms. The number of nitriles is 1. The Kier molecular flexibility index (Phi) is 5.91. The van der Waals surface area contributed by atoms with Gasteiger partial charge in [0.15, 0.2) is 0 Å². The first-order valence-electron chi connectivity index (χ1n) is 8.65. The van der Waals surface area contributed by atoms with E-state index in [1.807, 2.05) is 54.6 Å². The molecule has 0 saturated carbocycles. The zero-order valence-corrected chi connectivity index (χ0v) is 14.4. The normalized spacial score (nSPS) is 17.4. The van der Waals surface area contributed by atoms with Crippen LogP contribution in [0.1, 0.15) is 35.6 Å². The van der Waals surface area contributed by atoms with Gasteiger partial charge in [-0.05, 0) is 54.7 Å². The minimum absolute atomic E-state index is 0.0932. The maximum absolute atomic E-state index is 9.03. The highest BCUT2D eigenvalue weighted by Gasteiger charge is 2.30. The predicted molar refractivity (Wildman–Crippen MR) is 101 cm³/mol. The summed E-state index contributed by atoms with van der Waals surface area (Å²) in [5, 5.41) is 12.8. The molecule has 2 aromatic carbocycles. The van der Waals surface area contributed by atoms with E-state index in [0.717, 1.165) is 30.5 Å². The first kappa shape index (κ1) is 17.6. The Morgan fingerprint density at radius 1 is 1.15 bits per heavy atom. The Bertz CT molecular complexity index is 880. The molecule has 26 heavy (non-hydrogen) atoms. The fourth-order valence-corrected chi connectivity index (χ4v) is 3.30. The fourth-order valence-electron chi connectivity index (χ4n) is 3.30. The molecule has 1 fully saturated rings. The largest absolute Gasteiger partial charge is 0.283 e. The fraction of sp³-hybridized carbons (Fsp3) is 0.286. The quantitative estimate of drug-likeness (QED) is 0.357. The molecule has 5 nitrogen and oxygen atoms in total. The molecule has 1 heterocycles. The van der Waals surface area contributed by atoms with Crippen LogP contribution in [0.5, 0.6) is 0 Å². The predicted octanol–water partition coefficient (Wildman–Crippen LogP) is 4.43. The van der Waals surface area contributed by atoms with E-state index in [0.29, 0.717) is 12.1 Å². The van der Waals surface area contributed by atoms with Gasteiger partial charge in [0.1, 0.15) is 0 Å². The first-order valence-corrected chi connectivity index (χ1v) is 8.65. The Hall–Kier alpha value is -3.24. The number of benzene rings is 2. The molecule has 0 aliphatic carbocycles. The highest BCUT2D eigenvalue weighted by atomic mass is 15.2. The average molecular weight is 341 g/mol. The highest BCUT2D eigenvalue weighted by Crippen LogP contribution is 2.29. The van der Waals surface area contributed by atoms with Crippen molar-refractivity contribution >= 4 is 0 Å². The number of azide groups is 1. The van der Waals surface area contributed by atoms with Gasteiger partial charge in [0.2, 0.25) is 0 Å². The van der Waals surface area contributed by atoms with Crippen LogP contribution < -0.4 is 0 Å². The van der Waals surface area contributed by atoms with Crippen molar-refractivity contribution in [2.24, 2.45) is 5.11 Å². The molecule has 5 heteroatoms. The van der Waals surface area contributed by atoms with Crippen molar-refractivity contribution in [1.82, 2.24) is 4.90 Å². The second-order valence-corrected chi connectivity index (χ2v) is 6.22. The second kappa shape index (κ2) is 8.74. The van der Waals surface area contributed by atoms with Gasteiger partial charge >= 0.3 is 0 Å². The van der Waals surface area contributed by atoms with Crippen LogP contribution in [-0.4, -0.2) is 24.0 Å². The van der Waals surface area contributed by atoms with Crippen LogP contribution in [0.2, 0.25) is 0 Å². The van der Waals surface area contributed by atoms with Gasteiger partial charge in [-0.1, -0.05) is 47.3 Å². The number of hydrogen-bond acceptors (Lipinski definition) is 3. The molecule has 1 aliphatic rings. The van der Waals surface area contributed by atoms with E-state index in [2.05, 4.69) is 32.8 Å². The first-order chi connectivity index (χ1) is 12.8. The van der Waals surface area contributed by atoms with Crippen molar-refractivity contribution in [1.29, 1.82) is 5.26 Å². The summed E-state index contributed by atoms with van der Waals surface area (Å²) < 4.78 is 0. The molecule has 3 rings (SSSR count). The lowest BCUT2D eigenvalue weighted by Crippen LogP contribution is -2.34. The molecule has 0 amide bonds. The monoisotopic (exact) mass is 341 g/mol. The maximum Gasteiger partial charge on any atom is 0.0991 e. The van der Waals surface area contributed by atoms with E-state index in [-0.39, 0.29) is 12.1 Å². The van der Waals surface area contributed by atoms with Crippen LogP contribution in [0, 0.1) is 23.2 Å². The Morgan fingerprint density at radius 2 is 1.92 bits per heavy atom. The van der Waals surface area contributed by atoms with Crippen LogP contribution in [0.25, 0.3) is 10.4 Å². The van der Waals surface area contributed by atoms with Gasteiger partial charge in [-0.15, -0.1) is 0 Å². The number of nitrogens with zero attached hydrogens (tertiary/aromatic N) is 5. The van der Waals surface area contributed by atoms with E-state index >= 15 is 0 Å². The van der Waals surface area contributed by atoms with Crippen LogP contribution >= 0.6 is 0 Å². The molecule has 1 aliphatic heterocycles. The summed E-state index contributed by atoms with van der Waals surface area (Å²) in [5.74, 6) is 6.66. The summed E-state index contributed by atoms with van der Waals surface area (Å²) in [6.45, 7) is 1.37. The Labute approximate surface area is 153 Å². The van der Waals surface area contributed by atoms with Gasteiger partial charge in [0.05, 0.1) is 17.7 Å². The van der Waals surface area contributed by atoms with Crippen LogP contribution in [0.3, 0.4) is 0 Å². The smallest absolute Gasteiger partial charge is 0.0991 e. The summed E-state index contributed by atoms with van der Waals surface area (Å²) in [6.07, 6.45) is 2.06. The molecule has 0 N–H and O–H groups in total. The average Bonchev–Trinajstić information content (AvgIpc) is 3.16. The lowest BCUT2D eigenvalue weighted by molar-refractivity contribution is 0.223. The molecule has 2 atom stereocenters. The second-order valence-electron chi connectivity index (χ2n) is 6.22. The molecule has 0 unspecified atom stereocenters. The van der Waals surface area contributed by atoms with E-state index in [4.69, 9.17) is 10.8 Å². The SMILES string of the molecule is N#Cc1ccc([C@@H](C#Cc2ccccc2)N2CCC[C@H]2CN=[N+]=[N-])cc1. The third-order valence-corrected chi connectivity index (χ3v) is 4.59. The molecular formula is C21H19N5. The standard InChI is InChI=1S/C21H19N5/c22-15-18-8-11-19(12-9-18)21(13-10-17-5-2-1-3-6-17)26-14-4-7-20(26)16-24-25-23/h1-3,5-6,8-9,11-12,20-21H,4,7,14,16H2/t20-,21+/m0/s1. The summed E-state index contributed by atoms with van der Waals surface area (Å²) in [6, 6.07) is 19.7.